The van der Waals surface area contributed by atoms with Crippen molar-refractivity contribution in [3.63, 3.8) is 0 Å². The number of thioether (sulfide) groups is 1. The Morgan fingerprint density at radius 2 is 2.16 bits per heavy atom. The van der Waals surface area contributed by atoms with E-state index in [0.717, 1.165) is 0 Å². The lowest BCUT2D eigenvalue weighted by Crippen LogP contribution is -2.41. The smallest absolute Gasteiger partial charge is 0.326 e. The van der Waals surface area contributed by atoms with Crippen LogP contribution in [-0.4, -0.2) is 35.0 Å². The molecule has 1 unspecified atom stereocenters. The van der Waals surface area contributed by atoms with E-state index in [9.17, 15) is 14.0 Å². The largest absolute Gasteiger partial charge is 0.480 e. The summed E-state index contributed by atoms with van der Waals surface area (Å²) in [6.07, 6.45) is 2.22. The third kappa shape index (κ3) is 4.55. The highest BCUT2D eigenvalue weighted by molar-refractivity contribution is 7.98. The van der Waals surface area contributed by atoms with Gasteiger partial charge in [-0.05, 0) is 49.1 Å². The molecule has 0 aliphatic heterocycles. The number of aliphatic carboxylic acids is 1. The molecule has 1 aromatic rings. The first-order valence-corrected chi connectivity index (χ1v) is 7.14. The molecular weight excluding hydrogens is 269 g/mol. The Labute approximate surface area is 115 Å². The van der Waals surface area contributed by atoms with Gasteiger partial charge in [0.1, 0.15) is 11.9 Å². The van der Waals surface area contributed by atoms with E-state index in [4.69, 9.17) is 5.11 Å². The second-order valence-corrected chi connectivity index (χ2v) is 5.09. The fourth-order valence-electron chi connectivity index (χ4n) is 1.61. The molecule has 1 amide bonds. The number of rotatable bonds is 6. The average molecular weight is 285 g/mol. The van der Waals surface area contributed by atoms with Gasteiger partial charge in [-0.1, -0.05) is 0 Å². The van der Waals surface area contributed by atoms with E-state index in [0.29, 0.717) is 17.7 Å². The summed E-state index contributed by atoms with van der Waals surface area (Å²) in [7, 11) is 0. The fraction of sp³-hybridized carbons (Fsp3) is 0.385. The number of carboxylic acids is 1. The second kappa shape index (κ2) is 7.13. The number of carbonyl (C=O) groups excluding carboxylic acids is 1. The highest BCUT2D eigenvalue weighted by atomic mass is 32.2. The van der Waals surface area contributed by atoms with E-state index >= 15 is 0 Å². The molecule has 0 aromatic heterocycles. The molecule has 19 heavy (non-hydrogen) atoms. The van der Waals surface area contributed by atoms with Gasteiger partial charge >= 0.3 is 5.97 Å². The number of carboxylic acid groups (broad SMARTS) is 1. The van der Waals surface area contributed by atoms with Crippen LogP contribution in [0.3, 0.4) is 0 Å². The number of benzene rings is 1. The van der Waals surface area contributed by atoms with Crippen molar-refractivity contribution in [1.82, 2.24) is 5.32 Å². The van der Waals surface area contributed by atoms with Crippen LogP contribution in [0.15, 0.2) is 18.2 Å². The van der Waals surface area contributed by atoms with E-state index in [1.807, 2.05) is 6.26 Å². The van der Waals surface area contributed by atoms with E-state index in [1.165, 1.54) is 30.0 Å². The molecule has 6 heteroatoms. The van der Waals surface area contributed by atoms with Crippen LogP contribution >= 0.6 is 11.8 Å². The first-order valence-electron chi connectivity index (χ1n) is 5.74. The summed E-state index contributed by atoms with van der Waals surface area (Å²) in [6, 6.07) is 2.85. The van der Waals surface area contributed by atoms with Crippen molar-refractivity contribution in [2.75, 3.05) is 12.0 Å². The summed E-state index contributed by atoms with van der Waals surface area (Å²) >= 11 is 1.51. The normalized spacial score (nSPS) is 11.9. The number of hydrogen-bond acceptors (Lipinski definition) is 3. The van der Waals surface area contributed by atoms with Gasteiger partial charge in [-0.3, -0.25) is 4.79 Å². The molecule has 1 aromatic carbocycles. The van der Waals surface area contributed by atoms with Crippen molar-refractivity contribution in [3.8, 4) is 0 Å². The van der Waals surface area contributed by atoms with Crippen LogP contribution in [0.1, 0.15) is 22.3 Å². The summed E-state index contributed by atoms with van der Waals surface area (Å²) in [4.78, 5) is 23.0. The van der Waals surface area contributed by atoms with E-state index in [1.54, 1.807) is 6.92 Å². The SMILES string of the molecule is CSCCC(NC(=O)c1ccc(F)cc1C)C(=O)O. The molecule has 0 fully saturated rings. The van der Waals surface area contributed by atoms with E-state index < -0.39 is 23.7 Å². The minimum atomic E-state index is -1.07. The molecule has 0 radical (unpaired) electrons. The Kier molecular flexibility index (Phi) is 5.82. The fourth-order valence-corrected chi connectivity index (χ4v) is 2.08. The molecule has 0 bridgehead atoms. The maximum absolute atomic E-state index is 12.9. The lowest BCUT2D eigenvalue weighted by Gasteiger charge is -2.14. The first-order chi connectivity index (χ1) is 8.95. The van der Waals surface area contributed by atoms with Gasteiger partial charge in [-0.15, -0.1) is 0 Å². The van der Waals surface area contributed by atoms with Crippen molar-refractivity contribution in [3.05, 3.63) is 35.1 Å². The van der Waals surface area contributed by atoms with Crippen LogP contribution < -0.4 is 5.32 Å². The number of hydrogen-bond donors (Lipinski definition) is 2. The van der Waals surface area contributed by atoms with Crippen molar-refractivity contribution in [2.45, 2.75) is 19.4 Å². The van der Waals surface area contributed by atoms with Crippen LogP contribution in [0.2, 0.25) is 0 Å². The van der Waals surface area contributed by atoms with E-state index in [2.05, 4.69) is 5.32 Å². The first kappa shape index (κ1) is 15.5. The number of carbonyl (C=O) groups is 2. The van der Waals surface area contributed by atoms with Crippen LogP contribution in [0, 0.1) is 12.7 Å². The maximum atomic E-state index is 12.9. The molecule has 1 atom stereocenters. The third-order valence-corrected chi connectivity index (χ3v) is 3.29. The quantitative estimate of drug-likeness (QED) is 0.839. The highest BCUT2D eigenvalue weighted by Gasteiger charge is 2.21. The summed E-state index contributed by atoms with van der Waals surface area (Å²) in [5.41, 5.74) is 0.767. The Bertz CT molecular complexity index is 479. The van der Waals surface area contributed by atoms with Crippen molar-refractivity contribution < 1.29 is 19.1 Å². The number of halogens is 1. The Hall–Kier alpha value is -1.56. The van der Waals surface area contributed by atoms with Crippen LogP contribution in [0.4, 0.5) is 4.39 Å². The molecular formula is C13H16FNO3S. The van der Waals surface area contributed by atoms with Gasteiger partial charge in [0.25, 0.3) is 5.91 Å². The molecule has 1 rings (SSSR count). The molecule has 0 aliphatic carbocycles. The zero-order valence-electron chi connectivity index (χ0n) is 10.8. The Morgan fingerprint density at radius 1 is 1.47 bits per heavy atom. The average Bonchev–Trinajstić information content (AvgIpc) is 2.33. The molecule has 104 valence electrons. The van der Waals surface area contributed by atoms with Gasteiger partial charge in [-0.25, -0.2) is 9.18 Å². The van der Waals surface area contributed by atoms with Gasteiger partial charge in [-0.2, -0.15) is 11.8 Å². The minimum absolute atomic E-state index is 0.289. The predicted molar refractivity (Wildman–Crippen MR) is 73.0 cm³/mol. The minimum Gasteiger partial charge on any atom is -0.480 e. The third-order valence-electron chi connectivity index (χ3n) is 2.65. The van der Waals surface area contributed by atoms with Gasteiger partial charge in [0.15, 0.2) is 0 Å². The summed E-state index contributed by atoms with van der Waals surface area (Å²) in [5, 5.41) is 11.5. The zero-order chi connectivity index (χ0) is 14.4. The Morgan fingerprint density at radius 3 is 2.68 bits per heavy atom. The van der Waals surface area contributed by atoms with E-state index in [-0.39, 0.29) is 5.56 Å². The highest BCUT2D eigenvalue weighted by Crippen LogP contribution is 2.11. The molecule has 0 heterocycles. The van der Waals surface area contributed by atoms with Gasteiger partial charge in [0, 0.05) is 5.56 Å². The molecule has 2 N–H and O–H groups in total. The van der Waals surface area contributed by atoms with Crippen LogP contribution in [0.5, 0.6) is 0 Å². The standard InChI is InChI=1S/C13H16FNO3S/c1-8-7-9(14)3-4-10(8)12(16)15-11(13(17)18)5-6-19-2/h3-4,7,11H,5-6H2,1-2H3,(H,15,16)(H,17,18). The summed E-state index contributed by atoms with van der Waals surface area (Å²) in [6.45, 7) is 1.61. The predicted octanol–water partition coefficient (Wildman–Crippen LogP) is 2.07. The number of aryl methyl sites for hydroxylation is 1. The second-order valence-electron chi connectivity index (χ2n) is 4.11. The molecule has 0 saturated heterocycles. The van der Waals surface area contributed by atoms with Crippen molar-refractivity contribution in [2.24, 2.45) is 0 Å². The number of nitrogens with one attached hydrogen (secondary N) is 1. The molecule has 0 aliphatic rings. The molecule has 4 nitrogen and oxygen atoms in total. The number of amides is 1. The zero-order valence-corrected chi connectivity index (χ0v) is 11.6. The lowest BCUT2D eigenvalue weighted by molar-refractivity contribution is -0.139. The Balaban J connectivity index is 2.78. The summed E-state index contributed by atoms with van der Waals surface area (Å²) < 4.78 is 12.9. The van der Waals surface area contributed by atoms with Crippen molar-refractivity contribution in [1.29, 1.82) is 0 Å². The summed E-state index contributed by atoms with van der Waals surface area (Å²) in [5.74, 6) is -1.35. The molecule has 0 saturated carbocycles. The van der Waals surface area contributed by atoms with Crippen molar-refractivity contribution >= 4 is 23.6 Å². The van der Waals surface area contributed by atoms with Gasteiger partial charge in [0.2, 0.25) is 0 Å². The van der Waals surface area contributed by atoms with Gasteiger partial charge in [0.05, 0.1) is 0 Å². The topological polar surface area (TPSA) is 66.4 Å². The lowest BCUT2D eigenvalue weighted by atomic mass is 10.1. The van der Waals surface area contributed by atoms with Crippen LogP contribution in [0.25, 0.3) is 0 Å². The van der Waals surface area contributed by atoms with Gasteiger partial charge < -0.3 is 10.4 Å². The van der Waals surface area contributed by atoms with Crippen LogP contribution in [-0.2, 0) is 4.79 Å². The maximum Gasteiger partial charge on any atom is 0.326 e. The molecule has 0 spiro atoms. The monoisotopic (exact) mass is 285 g/mol.